The van der Waals surface area contributed by atoms with Crippen LogP contribution in [0.4, 0.5) is 0 Å². The van der Waals surface area contributed by atoms with Crippen LogP contribution in [0, 0.1) is 5.92 Å². The lowest BCUT2D eigenvalue weighted by molar-refractivity contribution is -0.142. The summed E-state index contributed by atoms with van der Waals surface area (Å²) in [5, 5.41) is 8.62. The standard InChI is InChI=1S/C16H24O3S2/c1-13(2)11-14-3-5-15(6-4-14)12-16(18)19-8-10-21-20-9-7-17/h3-6,13,17H,7-12H2,1-2H3. The summed E-state index contributed by atoms with van der Waals surface area (Å²) in [5.74, 6) is 1.92. The second kappa shape index (κ2) is 11.0. The Morgan fingerprint density at radius 1 is 1.14 bits per heavy atom. The molecule has 1 aromatic rings. The minimum absolute atomic E-state index is 0.181. The molecule has 0 atom stereocenters. The van der Waals surface area contributed by atoms with Crippen LogP contribution in [0.3, 0.4) is 0 Å². The maximum Gasteiger partial charge on any atom is 0.310 e. The molecule has 1 aromatic carbocycles. The lowest BCUT2D eigenvalue weighted by Gasteiger charge is -2.07. The van der Waals surface area contributed by atoms with E-state index in [1.54, 1.807) is 21.6 Å². The van der Waals surface area contributed by atoms with Crippen LogP contribution in [0.25, 0.3) is 0 Å². The number of aliphatic hydroxyl groups is 1. The van der Waals surface area contributed by atoms with Crippen molar-refractivity contribution < 1.29 is 14.6 Å². The molecule has 0 fully saturated rings. The van der Waals surface area contributed by atoms with Crippen molar-refractivity contribution in [2.45, 2.75) is 26.7 Å². The first-order valence-electron chi connectivity index (χ1n) is 7.20. The Hall–Kier alpha value is -0.650. The van der Waals surface area contributed by atoms with E-state index < -0.39 is 0 Å². The number of carbonyl (C=O) groups excluding carboxylic acids is 1. The maximum atomic E-state index is 11.7. The fraction of sp³-hybridized carbons (Fsp3) is 0.562. The van der Waals surface area contributed by atoms with E-state index >= 15 is 0 Å². The highest BCUT2D eigenvalue weighted by molar-refractivity contribution is 8.76. The molecular formula is C16H24O3S2. The molecule has 5 heteroatoms. The highest BCUT2D eigenvalue weighted by Gasteiger charge is 2.05. The first-order valence-corrected chi connectivity index (χ1v) is 9.69. The molecule has 0 saturated heterocycles. The fourth-order valence-corrected chi connectivity index (χ4v) is 3.42. The zero-order chi connectivity index (χ0) is 15.5. The van der Waals surface area contributed by atoms with Gasteiger partial charge in [-0.15, -0.1) is 0 Å². The Labute approximate surface area is 135 Å². The molecule has 3 nitrogen and oxygen atoms in total. The van der Waals surface area contributed by atoms with E-state index in [1.807, 2.05) is 12.1 Å². The molecule has 0 spiro atoms. The molecule has 1 rings (SSSR count). The van der Waals surface area contributed by atoms with Gasteiger partial charge in [0.2, 0.25) is 0 Å². The summed E-state index contributed by atoms with van der Waals surface area (Å²) in [6, 6.07) is 8.18. The van der Waals surface area contributed by atoms with Crippen LogP contribution in [0.2, 0.25) is 0 Å². The molecule has 1 N–H and O–H groups in total. The number of carbonyl (C=O) groups is 1. The maximum absolute atomic E-state index is 11.7. The molecule has 0 aliphatic heterocycles. The average Bonchev–Trinajstić information content (AvgIpc) is 2.44. The largest absolute Gasteiger partial charge is 0.465 e. The number of esters is 1. The molecule has 0 aliphatic carbocycles. The van der Waals surface area contributed by atoms with Gasteiger partial charge in [0.1, 0.15) is 6.61 Å². The molecule has 0 bridgehead atoms. The van der Waals surface area contributed by atoms with Crippen molar-refractivity contribution in [3.63, 3.8) is 0 Å². The van der Waals surface area contributed by atoms with Crippen molar-refractivity contribution >= 4 is 27.6 Å². The van der Waals surface area contributed by atoms with E-state index in [0.29, 0.717) is 24.7 Å². The van der Waals surface area contributed by atoms with Gasteiger partial charge in [0.15, 0.2) is 0 Å². The smallest absolute Gasteiger partial charge is 0.310 e. The van der Waals surface area contributed by atoms with Crippen molar-refractivity contribution in [1.29, 1.82) is 0 Å². The van der Waals surface area contributed by atoms with Gasteiger partial charge in [-0.3, -0.25) is 4.79 Å². The third-order valence-corrected chi connectivity index (χ3v) is 5.05. The minimum Gasteiger partial charge on any atom is -0.465 e. The van der Waals surface area contributed by atoms with Crippen molar-refractivity contribution in [2.24, 2.45) is 5.92 Å². The normalized spacial score (nSPS) is 10.9. The topological polar surface area (TPSA) is 46.5 Å². The quantitative estimate of drug-likeness (QED) is 0.405. The summed E-state index contributed by atoms with van der Waals surface area (Å²) >= 11 is 0. The van der Waals surface area contributed by atoms with E-state index in [2.05, 4.69) is 26.0 Å². The summed E-state index contributed by atoms with van der Waals surface area (Å²) in [4.78, 5) is 11.7. The molecule has 0 aromatic heterocycles. The summed E-state index contributed by atoms with van der Waals surface area (Å²) in [6.45, 7) is 5.00. The first-order chi connectivity index (χ1) is 10.1. The number of hydrogen-bond acceptors (Lipinski definition) is 5. The number of ether oxygens (including phenoxy) is 1. The van der Waals surface area contributed by atoms with E-state index in [9.17, 15) is 4.79 Å². The molecule has 0 aliphatic rings. The third-order valence-electron chi connectivity index (χ3n) is 2.70. The van der Waals surface area contributed by atoms with Gasteiger partial charge < -0.3 is 9.84 Å². The molecule has 0 unspecified atom stereocenters. The van der Waals surface area contributed by atoms with Crippen LogP contribution in [0.5, 0.6) is 0 Å². The van der Waals surface area contributed by atoms with E-state index in [-0.39, 0.29) is 12.6 Å². The van der Waals surface area contributed by atoms with Gasteiger partial charge in [0.25, 0.3) is 0 Å². The SMILES string of the molecule is CC(C)Cc1ccc(CC(=O)OCCSSCCO)cc1. The van der Waals surface area contributed by atoms with Crippen LogP contribution in [0.15, 0.2) is 24.3 Å². The van der Waals surface area contributed by atoms with Crippen LogP contribution in [-0.2, 0) is 22.4 Å². The summed E-state index contributed by atoms with van der Waals surface area (Å²) in [5.41, 5.74) is 2.30. The number of aliphatic hydroxyl groups excluding tert-OH is 1. The van der Waals surface area contributed by atoms with Crippen LogP contribution >= 0.6 is 21.6 Å². The van der Waals surface area contributed by atoms with E-state index in [4.69, 9.17) is 9.84 Å². The summed E-state index contributed by atoms with van der Waals surface area (Å²) in [7, 11) is 3.20. The Balaban J connectivity index is 2.21. The number of benzene rings is 1. The molecular weight excluding hydrogens is 304 g/mol. The molecule has 0 saturated carbocycles. The van der Waals surface area contributed by atoms with Crippen LogP contribution < -0.4 is 0 Å². The lowest BCUT2D eigenvalue weighted by Crippen LogP contribution is -2.10. The summed E-state index contributed by atoms with van der Waals surface area (Å²) in [6.07, 6.45) is 1.39. The highest BCUT2D eigenvalue weighted by Crippen LogP contribution is 2.19. The van der Waals surface area contributed by atoms with Crippen molar-refractivity contribution in [3.05, 3.63) is 35.4 Å². The Bertz CT molecular complexity index is 404. The van der Waals surface area contributed by atoms with Gasteiger partial charge in [0.05, 0.1) is 13.0 Å². The zero-order valence-corrected chi connectivity index (χ0v) is 14.3. The second-order valence-electron chi connectivity index (χ2n) is 5.18. The molecule has 0 heterocycles. The van der Waals surface area contributed by atoms with Crippen molar-refractivity contribution in [2.75, 3.05) is 24.7 Å². The van der Waals surface area contributed by atoms with Gasteiger partial charge in [-0.05, 0) is 23.5 Å². The fourth-order valence-electron chi connectivity index (χ4n) is 1.83. The number of hydrogen-bond donors (Lipinski definition) is 1. The Morgan fingerprint density at radius 3 is 2.38 bits per heavy atom. The zero-order valence-electron chi connectivity index (χ0n) is 12.7. The lowest BCUT2D eigenvalue weighted by atomic mass is 10.0. The van der Waals surface area contributed by atoms with Gasteiger partial charge >= 0.3 is 5.97 Å². The van der Waals surface area contributed by atoms with Crippen molar-refractivity contribution in [3.8, 4) is 0 Å². The first kappa shape index (κ1) is 18.4. The van der Waals surface area contributed by atoms with Crippen LogP contribution in [-0.4, -0.2) is 35.8 Å². The van der Waals surface area contributed by atoms with Crippen LogP contribution in [0.1, 0.15) is 25.0 Å². The van der Waals surface area contributed by atoms with Gasteiger partial charge in [-0.2, -0.15) is 0 Å². The minimum atomic E-state index is -0.181. The predicted molar refractivity (Wildman–Crippen MR) is 91.6 cm³/mol. The predicted octanol–water partition coefficient (Wildman–Crippen LogP) is 3.34. The monoisotopic (exact) mass is 328 g/mol. The Morgan fingerprint density at radius 2 is 1.76 bits per heavy atom. The number of rotatable bonds is 10. The van der Waals surface area contributed by atoms with E-state index in [1.165, 1.54) is 5.56 Å². The molecule has 0 radical (unpaired) electrons. The van der Waals surface area contributed by atoms with Gasteiger partial charge in [0, 0.05) is 11.5 Å². The third kappa shape index (κ3) is 9.06. The molecule has 0 amide bonds. The van der Waals surface area contributed by atoms with Crippen molar-refractivity contribution in [1.82, 2.24) is 0 Å². The van der Waals surface area contributed by atoms with E-state index in [0.717, 1.165) is 17.7 Å². The average molecular weight is 328 g/mol. The van der Waals surface area contributed by atoms with Gasteiger partial charge in [-0.25, -0.2) is 0 Å². The molecule has 21 heavy (non-hydrogen) atoms. The second-order valence-corrected chi connectivity index (χ2v) is 7.88. The van der Waals surface area contributed by atoms with Gasteiger partial charge in [-0.1, -0.05) is 59.7 Å². The highest BCUT2D eigenvalue weighted by atomic mass is 33.1. The molecule has 118 valence electrons. The Kier molecular flexibility index (Phi) is 9.63. The summed E-state index contributed by atoms with van der Waals surface area (Å²) < 4.78 is 5.19.